The predicted molar refractivity (Wildman–Crippen MR) is 76.3 cm³/mol. The lowest BCUT2D eigenvalue weighted by Gasteiger charge is -2.21. The van der Waals surface area contributed by atoms with Gasteiger partial charge >= 0.3 is 0 Å². The molecule has 0 saturated heterocycles. The second-order valence-electron chi connectivity index (χ2n) is 4.47. The van der Waals surface area contributed by atoms with E-state index < -0.39 is 0 Å². The number of nitrogens with one attached hydrogen (secondary N) is 1. The zero-order valence-electron chi connectivity index (χ0n) is 11.0. The number of fused-ring (bicyclic) bond motifs is 1. The molecule has 18 heavy (non-hydrogen) atoms. The van der Waals surface area contributed by atoms with Crippen LogP contribution < -0.4 is 10.1 Å². The van der Waals surface area contributed by atoms with Crippen molar-refractivity contribution in [3.05, 3.63) is 27.7 Å². The van der Waals surface area contributed by atoms with Crippen LogP contribution in [-0.4, -0.2) is 26.9 Å². The molecule has 0 amide bonds. The summed E-state index contributed by atoms with van der Waals surface area (Å²) >= 11 is 3.66. The molecule has 1 aromatic carbocycles. The van der Waals surface area contributed by atoms with Crippen LogP contribution in [0.3, 0.4) is 0 Å². The minimum Gasteiger partial charge on any atom is -0.496 e. The molecule has 1 unspecified atom stereocenters. The second kappa shape index (κ2) is 6.55. The van der Waals surface area contributed by atoms with E-state index in [-0.39, 0.29) is 6.04 Å². The molecule has 0 saturated carbocycles. The Morgan fingerprint density at radius 2 is 2.33 bits per heavy atom. The van der Waals surface area contributed by atoms with E-state index in [1.807, 2.05) is 6.07 Å². The van der Waals surface area contributed by atoms with Gasteiger partial charge in [-0.25, -0.2) is 0 Å². The molecule has 0 aliphatic carbocycles. The quantitative estimate of drug-likeness (QED) is 0.926. The maximum Gasteiger partial charge on any atom is 0.122 e. The molecule has 0 spiro atoms. The summed E-state index contributed by atoms with van der Waals surface area (Å²) in [5.74, 6) is 0.960. The van der Waals surface area contributed by atoms with Gasteiger partial charge in [-0.2, -0.15) is 0 Å². The lowest BCUT2D eigenvalue weighted by molar-refractivity contribution is 0.121. The van der Waals surface area contributed by atoms with E-state index in [0.717, 1.165) is 42.8 Å². The Morgan fingerprint density at radius 3 is 3.06 bits per heavy atom. The van der Waals surface area contributed by atoms with Crippen molar-refractivity contribution in [2.24, 2.45) is 0 Å². The van der Waals surface area contributed by atoms with E-state index in [2.05, 4.69) is 34.2 Å². The highest BCUT2D eigenvalue weighted by Gasteiger charge is 2.23. The molecule has 2 rings (SSSR count). The third kappa shape index (κ3) is 2.87. The monoisotopic (exact) mass is 313 g/mol. The van der Waals surface area contributed by atoms with Crippen molar-refractivity contribution in [1.82, 2.24) is 5.32 Å². The number of rotatable bonds is 4. The highest BCUT2D eigenvalue weighted by atomic mass is 79.9. The molecular formula is C14H20BrNO2. The van der Waals surface area contributed by atoms with Gasteiger partial charge in [0.15, 0.2) is 0 Å². The van der Waals surface area contributed by atoms with Crippen molar-refractivity contribution in [3.63, 3.8) is 0 Å². The van der Waals surface area contributed by atoms with Gasteiger partial charge in [-0.3, -0.25) is 0 Å². The Labute approximate surface area is 117 Å². The van der Waals surface area contributed by atoms with E-state index in [1.54, 1.807) is 7.11 Å². The average molecular weight is 314 g/mol. The van der Waals surface area contributed by atoms with Crippen LogP contribution >= 0.6 is 15.9 Å². The number of halogens is 1. The summed E-state index contributed by atoms with van der Waals surface area (Å²) in [6.45, 7) is 4.64. The van der Waals surface area contributed by atoms with Crippen molar-refractivity contribution in [1.29, 1.82) is 0 Å². The zero-order chi connectivity index (χ0) is 13.0. The summed E-state index contributed by atoms with van der Waals surface area (Å²) in [5.41, 5.74) is 2.55. The number of hydrogen-bond acceptors (Lipinski definition) is 3. The van der Waals surface area contributed by atoms with Crippen molar-refractivity contribution >= 4 is 15.9 Å². The molecule has 1 N–H and O–H groups in total. The van der Waals surface area contributed by atoms with Gasteiger partial charge in [0, 0.05) is 10.0 Å². The smallest absolute Gasteiger partial charge is 0.122 e. The van der Waals surface area contributed by atoms with Crippen molar-refractivity contribution in [2.75, 3.05) is 26.9 Å². The van der Waals surface area contributed by atoms with Gasteiger partial charge in [-0.15, -0.1) is 0 Å². The summed E-state index contributed by atoms with van der Waals surface area (Å²) in [4.78, 5) is 0. The first-order chi connectivity index (χ1) is 8.77. The van der Waals surface area contributed by atoms with Crippen LogP contribution in [-0.2, 0) is 11.2 Å². The van der Waals surface area contributed by atoms with Crippen LogP contribution in [0, 0.1) is 0 Å². The largest absolute Gasteiger partial charge is 0.496 e. The average Bonchev–Trinajstić information content (AvgIpc) is 2.60. The molecule has 1 aromatic rings. The first kappa shape index (κ1) is 13.8. The zero-order valence-corrected chi connectivity index (χ0v) is 12.5. The van der Waals surface area contributed by atoms with Crippen LogP contribution in [0.2, 0.25) is 0 Å². The molecular weight excluding hydrogens is 294 g/mol. The molecule has 0 bridgehead atoms. The highest BCUT2D eigenvalue weighted by molar-refractivity contribution is 9.10. The van der Waals surface area contributed by atoms with Crippen LogP contribution in [0.1, 0.15) is 30.5 Å². The molecule has 0 radical (unpaired) electrons. The summed E-state index contributed by atoms with van der Waals surface area (Å²) in [7, 11) is 1.73. The molecule has 1 heterocycles. The second-order valence-corrected chi connectivity index (χ2v) is 5.33. The van der Waals surface area contributed by atoms with Gasteiger partial charge in [0.05, 0.1) is 26.4 Å². The Kier molecular flexibility index (Phi) is 5.03. The maximum atomic E-state index is 5.70. The summed E-state index contributed by atoms with van der Waals surface area (Å²) in [6.07, 6.45) is 2.02. The lowest BCUT2D eigenvalue weighted by Crippen LogP contribution is -2.26. The van der Waals surface area contributed by atoms with E-state index in [1.165, 1.54) is 11.1 Å². The first-order valence-corrected chi connectivity index (χ1v) is 7.23. The van der Waals surface area contributed by atoms with Gasteiger partial charge in [-0.1, -0.05) is 22.9 Å². The Balaban J connectivity index is 2.39. The fourth-order valence-corrected chi connectivity index (χ4v) is 3.03. The molecule has 1 atom stereocenters. The highest BCUT2D eigenvalue weighted by Crippen LogP contribution is 2.35. The maximum absolute atomic E-state index is 5.70. The van der Waals surface area contributed by atoms with Gasteiger partial charge in [0.1, 0.15) is 5.75 Å². The molecule has 100 valence electrons. The van der Waals surface area contributed by atoms with E-state index in [4.69, 9.17) is 9.47 Å². The Hall–Kier alpha value is -0.580. The standard InChI is InChI=1S/C14H20BrNO2/c1-3-7-16-12-9-18-8-6-10-13(17-2)5-4-11(15)14(10)12/h4-5,12,16H,3,6-9H2,1-2H3. The Bertz CT molecular complexity index is 409. The van der Waals surface area contributed by atoms with Gasteiger partial charge in [0.2, 0.25) is 0 Å². The van der Waals surface area contributed by atoms with Crippen molar-refractivity contribution in [2.45, 2.75) is 25.8 Å². The third-order valence-electron chi connectivity index (χ3n) is 3.25. The number of ether oxygens (including phenoxy) is 2. The van der Waals surface area contributed by atoms with Crippen molar-refractivity contribution in [3.8, 4) is 5.75 Å². The number of hydrogen-bond donors (Lipinski definition) is 1. The minimum atomic E-state index is 0.243. The molecule has 3 nitrogen and oxygen atoms in total. The summed E-state index contributed by atoms with van der Waals surface area (Å²) < 4.78 is 12.3. The fraction of sp³-hybridized carbons (Fsp3) is 0.571. The van der Waals surface area contributed by atoms with E-state index >= 15 is 0 Å². The van der Waals surface area contributed by atoms with Crippen LogP contribution in [0.4, 0.5) is 0 Å². The third-order valence-corrected chi connectivity index (χ3v) is 3.94. The van der Waals surface area contributed by atoms with Crippen molar-refractivity contribution < 1.29 is 9.47 Å². The molecule has 1 aliphatic heterocycles. The van der Waals surface area contributed by atoms with Gasteiger partial charge in [0.25, 0.3) is 0 Å². The minimum absolute atomic E-state index is 0.243. The van der Waals surface area contributed by atoms with E-state index in [9.17, 15) is 0 Å². The van der Waals surface area contributed by atoms with Gasteiger partial charge in [-0.05, 0) is 37.1 Å². The summed E-state index contributed by atoms with van der Waals surface area (Å²) in [5, 5.41) is 3.55. The van der Waals surface area contributed by atoms with Crippen LogP contribution in [0.15, 0.2) is 16.6 Å². The predicted octanol–water partition coefficient (Wildman–Crippen LogP) is 3.07. The number of benzene rings is 1. The normalized spacial score (nSPS) is 19.2. The van der Waals surface area contributed by atoms with Gasteiger partial charge < -0.3 is 14.8 Å². The van der Waals surface area contributed by atoms with Crippen LogP contribution in [0.5, 0.6) is 5.75 Å². The van der Waals surface area contributed by atoms with E-state index in [0.29, 0.717) is 0 Å². The Morgan fingerprint density at radius 1 is 1.50 bits per heavy atom. The van der Waals surface area contributed by atoms with Crippen LogP contribution in [0.25, 0.3) is 0 Å². The molecule has 0 aromatic heterocycles. The fourth-order valence-electron chi connectivity index (χ4n) is 2.38. The SMILES string of the molecule is CCCNC1COCCc2c(OC)ccc(Br)c21. The molecule has 4 heteroatoms. The first-order valence-electron chi connectivity index (χ1n) is 6.44. The summed E-state index contributed by atoms with van der Waals surface area (Å²) in [6, 6.07) is 4.32. The molecule has 1 aliphatic rings. The lowest BCUT2D eigenvalue weighted by atomic mass is 9.98. The number of methoxy groups -OCH3 is 1. The topological polar surface area (TPSA) is 30.5 Å². The molecule has 0 fully saturated rings.